The molecule has 0 aromatic rings. The first kappa shape index (κ1) is 13.5. The van der Waals surface area contributed by atoms with Crippen LogP contribution in [-0.2, 0) is 0 Å². The highest BCUT2D eigenvalue weighted by Gasteiger charge is 2.28. The van der Waals surface area contributed by atoms with E-state index in [1.165, 1.54) is 0 Å². The number of nitrogens with one attached hydrogen (secondary N) is 1. The Morgan fingerprint density at radius 3 is 2.75 bits per heavy atom. The van der Waals surface area contributed by atoms with E-state index < -0.39 is 0 Å². The number of hydrogen-bond acceptors (Lipinski definition) is 3. The summed E-state index contributed by atoms with van der Waals surface area (Å²) in [6.45, 7) is 13.4. The predicted molar refractivity (Wildman–Crippen MR) is 67.1 cm³/mol. The van der Waals surface area contributed by atoms with Gasteiger partial charge < -0.3 is 10.2 Å². The van der Waals surface area contributed by atoms with Gasteiger partial charge in [-0.15, -0.1) is 0 Å². The highest BCUT2D eigenvalue weighted by atomic mass is 15.2. The summed E-state index contributed by atoms with van der Waals surface area (Å²) in [5, 5.41) is 12.3. The summed E-state index contributed by atoms with van der Waals surface area (Å²) in [6.07, 6.45) is 0.616. The first-order valence-electron chi connectivity index (χ1n) is 6.25. The minimum atomic E-state index is 0.305. The Hall–Kier alpha value is -0.590. The molecule has 0 bridgehead atoms. The van der Waals surface area contributed by atoms with Crippen molar-refractivity contribution in [3.8, 4) is 6.07 Å². The Bertz CT molecular complexity index is 252. The van der Waals surface area contributed by atoms with Crippen molar-refractivity contribution < 1.29 is 0 Å². The normalized spacial score (nSPS) is 26.4. The van der Waals surface area contributed by atoms with Crippen LogP contribution in [0.15, 0.2) is 0 Å². The summed E-state index contributed by atoms with van der Waals surface area (Å²) in [4.78, 5) is 2.51. The zero-order chi connectivity index (χ0) is 12.2. The van der Waals surface area contributed by atoms with Gasteiger partial charge in [-0.25, -0.2) is 0 Å². The third-order valence-electron chi connectivity index (χ3n) is 2.96. The van der Waals surface area contributed by atoms with Crippen LogP contribution < -0.4 is 5.32 Å². The van der Waals surface area contributed by atoms with E-state index in [1.807, 2.05) is 0 Å². The summed E-state index contributed by atoms with van der Waals surface area (Å²) in [6, 6.07) is 2.62. The third-order valence-corrected chi connectivity index (χ3v) is 2.96. The standard InChI is InChI=1S/C13H25N3/c1-11(2)7-16-8-12(5-6-14)15-9-13(3,4)10-16/h11-12,15H,5,7-10H2,1-4H3. The Kier molecular flexibility index (Phi) is 4.76. The lowest BCUT2D eigenvalue weighted by molar-refractivity contribution is 0.183. The van der Waals surface area contributed by atoms with E-state index in [2.05, 4.69) is 44.0 Å². The molecule has 92 valence electrons. The molecule has 0 amide bonds. The molecule has 0 saturated carbocycles. The summed E-state index contributed by atoms with van der Waals surface area (Å²) < 4.78 is 0. The summed E-state index contributed by atoms with van der Waals surface area (Å²) in [7, 11) is 0. The maximum Gasteiger partial charge on any atom is 0.0638 e. The van der Waals surface area contributed by atoms with Crippen LogP contribution in [0.1, 0.15) is 34.1 Å². The number of nitrogens with zero attached hydrogens (tertiary/aromatic N) is 2. The molecule has 0 aromatic carbocycles. The van der Waals surface area contributed by atoms with Crippen molar-refractivity contribution in [2.24, 2.45) is 11.3 Å². The molecule has 1 aliphatic rings. The van der Waals surface area contributed by atoms with E-state index in [4.69, 9.17) is 5.26 Å². The van der Waals surface area contributed by atoms with Gasteiger partial charge in [-0.05, 0) is 11.3 Å². The van der Waals surface area contributed by atoms with E-state index in [9.17, 15) is 0 Å². The van der Waals surface area contributed by atoms with E-state index in [1.54, 1.807) is 0 Å². The van der Waals surface area contributed by atoms with Gasteiger partial charge in [0.05, 0.1) is 12.5 Å². The molecular formula is C13H25N3. The Labute approximate surface area is 99.8 Å². The van der Waals surface area contributed by atoms with Crippen LogP contribution >= 0.6 is 0 Å². The van der Waals surface area contributed by atoms with E-state index in [-0.39, 0.29) is 0 Å². The van der Waals surface area contributed by atoms with Gasteiger partial charge in [-0.2, -0.15) is 5.26 Å². The molecule has 0 spiro atoms. The molecule has 1 fully saturated rings. The van der Waals surface area contributed by atoms with E-state index in [0.717, 1.165) is 26.2 Å². The number of nitriles is 1. The Morgan fingerprint density at radius 1 is 1.50 bits per heavy atom. The Balaban J connectivity index is 2.62. The fourth-order valence-corrected chi connectivity index (χ4v) is 2.43. The van der Waals surface area contributed by atoms with Crippen molar-refractivity contribution in [2.75, 3.05) is 26.2 Å². The minimum absolute atomic E-state index is 0.305. The van der Waals surface area contributed by atoms with Crippen LogP contribution in [0.5, 0.6) is 0 Å². The molecule has 1 unspecified atom stereocenters. The fraction of sp³-hybridized carbons (Fsp3) is 0.923. The summed E-state index contributed by atoms with van der Waals surface area (Å²) in [5.74, 6) is 0.691. The molecule has 0 aromatic heterocycles. The molecule has 1 N–H and O–H groups in total. The van der Waals surface area contributed by atoms with Crippen molar-refractivity contribution in [1.82, 2.24) is 10.2 Å². The van der Waals surface area contributed by atoms with Crippen LogP contribution in [-0.4, -0.2) is 37.1 Å². The minimum Gasteiger partial charge on any atom is -0.311 e. The fourth-order valence-electron chi connectivity index (χ4n) is 2.43. The molecule has 0 radical (unpaired) electrons. The van der Waals surface area contributed by atoms with Gasteiger partial charge in [-0.3, -0.25) is 0 Å². The maximum atomic E-state index is 8.80. The maximum absolute atomic E-state index is 8.80. The molecule has 3 heteroatoms. The highest BCUT2D eigenvalue weighted by Crippen LogP contribution is 2.20. The molecule has 0 aliphatic carbocycles. The highest BCUT2D eigenvalue weighted by molar-refractivity contribution is 4.90. The van der Waals surface area contributed by atoms with Gasteiger partial charge >= 0.3 is 0 Å². The Morgan fingerprint density at radius 2 is 2.19 bits per heavy atom. The second kappa shape index (κ2) is 5.65. The lowest BCUT2D eigenvalue weighted by Gasteiger charge is -2.30. The molecule has 3 nitrogen and oxygen atoms in total. The van der Waals surface area contributed by atoms with E-state index >= 15 is 0 Å². The average Bonchev–Trinajstić information content (AvgIpc) is 2.24. The number of hydrogen-bond donors (Lipinski definition) is 1. The first-order valence-corrected chi connectivity index (χ1v) is 6.25. The molecule has 1 heterocycles. The quantitative estimate of drug-likeness (QED) is 0.793. The zero-order valence-electron chi connectivity index (χ0n) is 11.1. The van der Waals surface area contributed by atoms with Crippen LogP contribution in [0.2, 0.25) is 0 Å². The van der Waals surface area contributed by atoms with Crippen LogP contribution in [0.4, 0.5) is 0 Å². The molecule has 1 aliphatic heterocycles. The smallest absolute Gasteiger partial charge is 0.0638 e. The number of rotatable bonds is 3. The van der Waals surface area contributed by atoms with Gasteiger partial charge in [0.1, 0.15) is 0 Å². The largest absolute Gasteiger partial charge is 0.311 e. The third kappa shape index (κ3) is 4.51. The van der Waals surface area contributed by atoms with Crippen molar-refractivity contribution in [1.29, 1.82) is 5.26 Å². The van der Waals surface area contributed by atoms with Gasteiger partial charge in [0.15, 0.2) is 0 Å². The van der Waals surface area contributed by atoms with Gasteiger partial charge in [0.2, 0.25) is 0 Å². The van der Waals surface area contributed by atoms with Crippen LogP contribution in [0.25, 0.3) is 0 Å². The molecular weight excluding hydrogens is 198 g/mol. The van der Waals surface area contributed by atoms with Gasteiger partial charge in [0.25, 0.3) is 0 Å². The monoisotopic (exact) mass is 223 g/mol. The SMILES string of the molecule is CC(C)CN1CC(CC#N)NCC(C)(C)C1. The van der Waals surface area contributed by atoms with Crippen molar-refractivity contribution in [2.45, 2.75) is 40.2 Å². The van der Waals surface area contributed by atoms with Crippen molar-refractivity contribution in [3.05, 3.63) is 0 Å². The summed E-state index contributed by atoms with van der Waals surface area (Å²) in [5.41, 5.74) is 0.305. The topological polar surface area (TPSA) is 39.1 Å². The lowest BCUT2D eigenvalue weighted by atomic mass is 9.93. The second-order valence-corrected chi connectivity index (χ2v) is 6.19. The first-order chi connectivity index (χ1) is 7.43. The predicted octanol–water partition coefficient (Wildman–Crippen LogP) is 1.86. The second-order valence-electron chi connectivity index (χ2n) is 6.19. The van der Waals surface area contributed by atoms with E-state index in [0.29, 0.717) is 23.8 Å². The van der Waals surface area contributed by atoms with Crippen LogP contribution in [0.3, 0.4) is 0 Å². The molecule has 16 heavy (non-hydrogen) atoms. The van der Waals surface area contributed by atoms with Crippen molar-refractivity contribution >= 4 is 0 Å². The van der Waals surface area contributed by atoms with Gasteiger partial charge in [0, 0.05) is 32.2 Å². The average molecular weight is 223 g/mol. The molecule has 1 saturated heterocycles. The van der Waals surface area contributed by atoms with Crippen LogP contribution in [0, 0.1) is 22.7 Å². The molecule has 1 rings (SSSR count). The summed E-state index contributed by atoms with van der Waals surface area (Å²) >= 11 is 0. The lowest BCUT2D eigenvalue weighted by Crippen LogP contribution is -2.39. The van der Waals surface area contributed by atoms with Gasteiger partial charge in [-0.1, -0.05) is 27.7 Å². The zero-order valence-corrected chi connectivity index (χ0v) is 11.1. The van der Waals surface area contributed by atoms with Crippen molar-refractivity contribution in [3.63, 3.8) is 0 Å². The molecule has 1 atom stereocenters.